The Labute approximate surface area is 93.0 Å². The Bertz CT molecular complexity index is 278. The summed E-state index contributed by atoms with van der Waals surface area (Å²) in [5.41, 5.74) is 0.966. The zero-order chi connectivity index (χ0) is 10.4. The summed E-state index contributed by atoms with van der Waals surface area (Å²) in [5, 5.41) is 0.985. The highest BCUT2D eigenvalue weighted by molar-refractivity contribution is 9.09. The van der Waals surface area contributed by atoms with Gasteiger partial charge in [-0.1, -0.05) is 22.0 Å². The van der Waals surface area contributed by atoms with Crippen molar-refractivity contribution in [2.75, 3.05) is 23.3 Å². The minimum atomic E-state index is -0.167. The Morgan fingerprint density at radius 3 is 2.79 bits per heavy atom. The van der Waals surface area contributed by atoms with Crippen molar-refractivity contribution in [2.45, 2.75) is 13.3 Å². The van der Waals surface area contributed by atoms with Crippen LogP contribution in [0, 0.1) is 5.82 Å². The van der Waals surface area contributed by atoms with Crippen LogP contribution in [0.25, 0.3) is 0 Å². The van der Waals surface area contributed by atoms with Crippen LogP contribution < -0.4 is 4.90 Å². The molecule has 0 fully saturated rings. The smallest absolute Gasteiger partial charge is 0.125 e. The average molecular weight is 260 g/mol. The second-order valence-corrected chi connectivity index (χ2v) is 3.90. The highest BCUT2D eigenvalue weighted by atomic mass is 79.9. The molecule has 0 amide bonds. The molecule has 0 aliphatic heterocycles. The van der Waals surface area contributed by atoms with Crippen molar-refractivity contribution in [1.82, 2.24) is 0 Å². The fourth-order valence-electron chi connectivity index (χ4n) is 1.39. The van der Waals surface area contributed by atoms with E-state index in [1.165, 1.54) is 6.07 Å². The fourth-order valence-corrected chi connectivity index (χ4v) is 1.64. The number of alkyl halides is 1. The molecule has 0 saturated carbocycles. The van der Waals surface area contributed by atoms with Crippen molar-refractivity contribution >= 4 is 21.6 Å². The van der Waals surface area contributed by atoms with Gasteiger partial charge >= 0.3 is 0 Å². The van der Waals surface area contributed by atoms with Crippen LogP contribution in [0.5, 0.6) is 0 Å². The lowest BCUT2D eigenvalue weighted by Crippen LogP contribution is -2.24. The number of halogens is 2. The molecule has 0 N–H and O–H groups in total. The first kappa shape index (κ1) is 11.5. The quantitative estimate of drug-likeness (QED) is 0.733. The topological polar surface area (TPSA) is 3.24 Å². The molecule has 0 aliphatic rings. The monoisotopic (exact) mass is 259 g/mol. The van der Waals surface area contributed by atoms with Gasteiger partial charge in [-0.2, -0.15) is 0 Å². The zero-order valence-electron chi connectivity index (χ0n) is 8.34. The molecule has 1 rings (SSSR count). The lowest BCUT2D eigenvalue weighted by Gasteiger charge is -2.22. The van der Waals surface area contributed by atoms with Crippen LogP contribution in [0.1, 0.15) is 13.3 Å². The van der Waals surface area contributed by atoms with Crippen molar-refractivity contribution in [1.29, 1.82) is 0 Å². The minimum Gasteiger partial charge on any atom is -0.372 e. The van der Waals surface area contributed by atoms with Gasteiger partial charge in [-0.15, -0.1) is 0 Å². The lowest BCUT2D eigenvalue weighted by atomic mass is 10.2. The molecule has 1 aromatic carbocycles. The highest BCUT2D eigenvalue weighted by Gasteiger charge is 2.03. The van der Waals surface area contributed by atoms with Gasteiger partial charge in [0.2, 0.25) is 0 Å². The summed E-state index contributed by atoms with van der Waals surface area (Å²) in [5.74, 6) is -0.167. The molecule has 0 saturated heterocycles. The standard InChI is InChI=1S/C11H15BrFN/c1-2-14(8-4-7-12)11-6-3-5-10(13)9-11/h3,5-6,9H,2,4,7-8H2,1H3. The molecular weight excluding hydrogens is 245 g/mol. The van der Waals surface area contributed by atoms with E-state index in [1.54, 1.807) is 12.1 Å². The summed E-state index contributed by atoms with van der Waals surface area (Å²) in [4.78, 5) is 2.17. The molecule has 1 aromatic rings. The molecule has 0 unspecified atom stereocenters. The Hall–Kier alpha value is -0.570. The molecule has 0 spiro atoms. The Morgan fingerprint density at radius 1 is 1.43 bits per heavy atom. The van der Waals surface area contributed by atoms with Gasteiger partial charge in [-0.25, -0.2) is 4.39 Å². The molecule has 14 heavy (non-hydrogen) atoms. The first-order valence-electron chi connectivity index (χ1n) is 4.84. The van der Waals surface area contributed by atoms with Crippen molar-refractivity contribution in [3.63, 3.8) is 0 Å². The normalized spacial score (nSPS) is 10.2. The molecular formula is C11H15BrFN. The van der Waals surface area contributed by atoms with E-state index in [2.05, 4.69) is 27.8 Å². The van der Waals surface area contributed by atoms with Crippen molar-refractivity contribution < 1.29 is 4.39 Å². The van der Waals surface area contributed by atoms with Gasteiger partial charge in [0.05, 0.1) is 0 Å². The van der Waals surface area contributed by atoms with E-state index < -0.39 is 0 Å². The summed E-state index contributed by atoms with van der Waals surface area (Å²) < 4.78 is 13.0. The first-order valence-corrected chi connectivity index (χ1v) is 5.96. The van der Waals surface area contributed by atoms with E-state index in [4.69, 9.17) is 0 Å². The minimum absolute atomic E-state index is 0.167. The third-order valence-electron chi connectivity index (χ3n) is 2.12. The molecule has 78 valence electrons. The van der Waals surface area contributed by atoms with E-state index in [0.29, 0.717) is 0 Å². The number of anilines is 1. The molecule has 1 nitrogen and oxygen atoms in total. The molecule has 3 heteroatoms. The first-order chi connectivity index (χ1) is 6.77. The maximum atomic E-state index is 13.0. The maximum Gasteiger partial charge on any atom is 0.125 e. The summed E-state index contributed by atoms with van der Waals surface area (Å²) in [6.45, 7) is 3.96. The van der Waals surface area contributed by atoms with Gasteiger partial charge in [0, 0.05) is 24.1 Å². The molecule has 0 aliphatic carbocycles. The van der Waals surface area contributed by atoms with Crippen LogP contribution in [0.2, 0.25) is 0 Å². The van der Waals surface area contributed by atoms with Crippen LogP contribution in [-0.2, 0) is 0 Å². The SMILES string of the molecule is CCN(CCCBr)c1cccc(F)c1. The van der Waals surface area contributed by atoms with Crippen LogP contribution in [0.15, 0.2) is 24.3 Å². The Kier molecular flexibility index (Phi) is 4.94. The average Bonchev–Trinajstić information content (AvgIpc) is 2.19. The molecule has 0 atom stereocenters. The molecule has 0 bridgehead atoms. The lowest BCUT2D eigenvalue weighted by molar-refractivity contribution is 0.626. The van der Waals surface area contributed by atoms with Gasteiger partial charge < -0.3 is 4.90 Å². The number of hydrogen-bond donors (Lipinski definition) is 0. The van der Waals surface area contributed by atoms with Gasteiger partial charge in [0.1, 0.15) is 5.82 Å². The van der Waals surface area contributed by atoms with E-state index in [0.717, 1.165) is 30.5 Å². The van der Waals surface area contributed by atoms with E-state index in [9.17, 15) is 4.39 Å². The fraction of sp³-hybridized carbons (Fsp3) is 0.455. The molecule has 0 radical (unpaired) electrons. The predicted molar refractivity (Wildman–Crippen MR) is 62.7 cm³/mol. The number of hydrogen-bond acceptors (Lipinski definition) is 1. The third kappa shape index (κ3) is 3.29. The summed E-state index contributed by atoms with van der Waals surface area (Å²) in [7, 11) is 0. The Balaban J connectivity index is 2.68. The second kappa shape index (κ2) is 6.02. The van der Waals surface area contributed by atoms with E-state index >= 15 is 0 Å². The predicted octanol–water partition coefficient (Wildman–Crippen LogP) is 3.44. The van der Waals surface area contributed by atoms with Crippen LogP contribution in [0.4, 0.5) is 10.1 Å². The van der Waals surface area contributed by atoms with Crippen molar-refractivity contribution in [3.05, 3.63) is 30.1 Å². The van der Waals surface area contributed by atoms with Crippen molar-refractivity contribution in [2.24, 2.45) is 0 Å². The van der Waals surface area contributed by atoms with Crippen LogP contribution in [-0.4, -0.2) is 18.4 Å². The van der Waals surface area contributed by atoms with E-state index in [-0.39, 0.29) is 5.82 Å². The van der Waals surface area contributed by atoms with Gasteiger partial charge in [-0.05, 0) is 31.5 Å². The maximum absolute atomic E-state index is 13.0. The molecule has 0 heterocycles. The van der Waals surface area contributed by atoms with Crippen LogP contribution >= 0.6 is 15.9 Å². The van der Waals surface area contributed by atoms with Gasteiger partial charge in [0.15, 0.2) is 0 Å². The van der Waals surface area contributed by atoms with Gasteiger partial charge in [-0.3, -0.25) is 0 Å². The third-order valence-corrected chi connectivity index (χ3v) is 2.68. The number of benzene rings is 1. The molecule has 0 aromatic heterocycles. The van der Waals surface area contributed by atoms with Crippen LogP contribution in [0.3, 0.4) is 0 Å². The van der Waals surface area contributed by atoms with Gasteiger partial charge in [0.25, 0.3) is 0 Å². The number of rotatable bonds is 5. The largest absolute Gasteiger partial charge is 0.372 e. The van der Waals surface area contributed by atoms with E-state index in [1.807, 2.05) is 6.07 Å². The number of nitrogens with zero attached hydrogens (tertiary/aromatic N) is 1. The second-order valence-electron chi connectivity index (χ2n) is 3.10. The van der Waals surface area contributed by atoms with Crippen molar-refractivity contribution in [3.8, 4) is 0 Å². The summed E-state index contributed by atoms with van der Waals surface area (Å²) in [6.07, 6.45) is 1.07. The summed E-state index contributed by atoms with van der Waals surface area (Å²) >= 11 is 3.39. The highest BCUT2D eigenvalue weighted by Crippen LogP contribution is 2.15. The summed E-state index contributed by atoms with van der Waals surface area (Å²) in [6, 6.07) is 6.75. The zero-order valence-corrected chi connectivity index (χ0v) is 9.93. The Morgan fingerprint density at radius 2 is 2.21 bits per heavy atom.